The molecule has 0 bridgehead atoms. The number of nitrogens with two attached hydrogens (primary N) is 1. The molecule has 2 atom stereocenters. The fraction of sp³-hybridized carbons (Fsp3) is 0.889. The monoisotopic (exact) mass is 199 g/mol. The van der Waals surface area contributed by atoms with Crippen LogP contribution in [0.25, 0.3) is 0 Å². The van der Waals surface area contributed by atoms with Gasteiger partial charge in [-0.25, -0.2) is 0 Å². The number of nitrogens with one attached hydrogen (secondary N) is 1. The molecule has 2 rings (SSSR count). The lowest BCUT2D eigenvalue weighted by Gasteiger charge is -2.35. The average Bonchev–Trinajstić information content (AvgIpc) is 2.49. The highest BCUT2D eigenvalue weighted by Crippen LogP contribution is 2.26. The van der Waals surface area contributed by atoms with Gasteiger partial charge in [-0.3, -0.25) is 0 Å². The quantitative estimate of drug-likeness (QED) is 0.602. The SMILES string of the molecule is NC(=S)NC1CCN2CCCC2C1. The molecule has 2 aliphatic heterocycles. The zero-order chi connectivity index (χ0) is 9.26. The first-order chi connectivity index (χ1) is 6.25. The molecule has 0 aromatic rings. The lowest BCUT2D eigenvalue weighted by atomic mass is 9.98. The van der Waals surface area contributed by atoms with E-state index in [1.54, 1.807) is 0 Å². The van der Waals surface area contributed by atoms with Gasteiger partial charge in [-0.2, -0.15) is 0 Å². The van der Waals surface area contributed by atoms with E-state index in [-0.39, 0.29) is 0 Å². The molecular weight excluding hydrogens is 182 g/mol. The summed E-state index contributed by atoms with van der Waals surface area (Å²) in [5, 5.41) is 3.63. The highest BCUT2D eigenvalue weighted by Gasteiger charge is 2.31. The molecule has 2 heterocycles. The van der Waals surface area contributed by atoms with Gasteiger partial charge < -0.3 is 16.0 Å². The molecule has 4 heteroatoms. The van der Waals surface area contributed by atoms with Crippen LogP contribution >= 0.6 is 12.2 Å². The third-order valence-corrected chi connectivity index (χ3v) is 3.28. The van der Waals surface area contributed by atoms with Gasteiger partial charge in [0, 0.05) is 18.6 Å². The van der Waals surface area contributed by atoms with Gasteiger partial charge in [0.15, 0.2) is 5.11 Å². The first-order valence-corrected chi connectivity index (χ1v) is 5.46. The minimum absolute atomic E-state index is 0.455. The number of nitrogens with zero attached hydrogens (tertiary/aromatic N) is 1. The second kappa shape index (κ2) is 3.80. The summed E-state index contributed by atoms with van der Waals surface area (Å²) in [7, 11) is 0. The van der Waals surface area contributed by atoms with Crippen LogP contribution < -0.4 is 11.1 Å². The van der Waals surface area contributed by atoms with Gasteiger partial charge in [0.2, 0.25) is 0 Å². The number of hydrogen-bond donors (Lipinski definition) is 2. The largest absolute Gasteiger partial charge is 0.376 e. The Balaban J connectivity index is 1.86. The molecule has 3 nitrogen and oxygen atoms in total. The maximum absolute atomic E-state index is 5.47. The third-order valence-electron chi connectivity index (χ3n) is 3.17. The van der Waals surface area contributed by atoms with E-state index in [2.05, 4.69) is 10.2 Å². The Morgan fingerprint density at radius 1 is 1.38 bits per heavy atom. The Kier molecular flexibility index (Phi) is 2.69. The number of thiocarbonyl (C=S) groups is 1. The molecule has 2 fully saturated rings. The Bertz CT molecular complexity index is 207. The zero-order valence-electron chi connectivity index (χ0n) is 7.83. The minimum Gasteiger partial charge on any atom is -0.376 e. The van der Waals surface area contributed by atoms with Crippen LogP contribution in [-0.2, 0) is 0 Å². The van der Waals surface area contributed by atoms with Crippen molar-refractivity contribution in [1.82, 2.24) is 10.2 Å². The van der Waals surface area contributed by atoms with Crippen molar-refractivity contribution in [1.29, 1.82) is 0 Å². The van der Waals surface area contributed by atoms with Crippen molar-refractivity contribution in [3.05, 3.63) is 0 Å². The van der Waals surface area contributed by atoms with Crippen LogP contribution in [0.1, 0.15) is 25.7 Å². The van der Waals surface area contributed by atoms with Crippen LogP contribution in [0, 0.1) is 0 Å². The minimum atomic E-state index is 0.455. The Hall–Kier alpha value is -0.350. The topological polar surface area (TPSA) is 41.3 Å². The van der Waals surface area contributed by atoms with Crippen molar-refractivity contribution in [3.63, 3.8) is 0 Å². The second-order valence-corrected chi connectivity index (χ2v) is 4.50. The predicted octanol–water partition coefficient (Wildman–Crippen LogP) is 0.446. The fourth-order valence-electron chi connectivity index (χ4n) is 2.56. The summed E-state index contributed by atoms with van der Waals surface area (Å²) in [5.41, 5.74) is 5.47. The molecule has 2 saturated heterocycles. The van der Waals surface area contributed by atoms with Crippen molar-refractivity contribution in [2.45, 2.75) is 37.8 Å². The molecule has 0 amide bonds. The molecule has 0 aromatic carbocycles. The standard InChI is InChI=1S/C9H17N3S/c10-9(13)11-7-3-5-12-4-1-2-8(12)6-7/h7-8H,1-6H2,(H3,10,11,13). The highest BCUT2D eigenvalue weighted by molar-refractivity contribution is 7.80. The molecule has 0 saturated carbocycles. The lowest BCUT2D eigenvalue weighted by molar-refractivity contribution is 0.175. The summed E-state index contributed by atoms with van der Waals surface area (Å²) in [6, 6.07) is 1.32. The molecule has 0 spiro atoms. The van der Waals surface area contributed by atoms with Crippen LogP contribution in [0.5, 0.6) is 0 Å². The molecular formula is C9H17N3S. The van der Waals surface area contributed by atoms with Crippen molar-refractivity contribution >= 4 is 17.3 Å². The first kappa shape index (κ1) is 9.21. The summed E-state index contributed by atoms with van der Waals surface area (Å²) < 4.78 is 0. The van der Waals surface area contributed by atoms with E-state index >= 15 is 0 Å². The van der Waals surface area contributed by atoms with Crippen molar-refractivity contribution < 1.29 is 0 Å². The normalized spacial score (nSPS) is 34.2. The maximum atomic E-state index is 5.47. The van der Waals surface area contributed by atoms with E-state index < -0.39 is 0 Å². The highest BCUT2D eigenvalue weighted by atomic mass is 32.1. The molecule has 13 heavy (non-hydrogen) atoms. The molecule has 2 aliphatic rings. The second-order valence-electron chi connectivity index (χ2n) is 4.06. The molecule has 0 aliphatic carbocycles. The predicted molar refractivity (Wildman–Crippen MR) is 57.5 cm³/mol. The average molecular weight is 199 g/mol. The summed E-state index contributed by atoms with van der Waals surface area (Å²) in [5.74, 6) is 0. The van der Waals surface area contributed by atoms with Crippen molar-refractivity contribution in [2.24, 2.45) is 5.73 Å². The van der Waals surface area contributed by atoms with Gasteiger partial charge >= 0.3 is 0 Å². The van der Waals surface area contributed by atoms with Gasteiger partial charge in [0.25, 0.3) is 0 Å². The summed E-state index contributed by atoms with van der Waals surface area (Å²) in [4.78, 5) is 2.59. The van der Waals surface area contributed by atoms with Crippen molar-refractivity contribution in [3.8, 4) is 0 Å². The van der Waals surface area contributed by atoms with Gasteiger partial charge in [-0.15, -0.1) is 0 Å². The molecule has 2 unspecified atom stereocenters. The fourth-order valence-corrected chi connectivity index (χ4v) is 2.72. The van der Waals surface area contributed by atoms with Crippen LogP contribution in [0.15, 0.2) is 0 Å². The smallest absolute Gasteiger partial charge is 0.163 e. The summed E-state index contributed by atoms with van der Waals surface area (Å²) in [6.07, 6.45) is 5.13. The van der Waals surface area contributed by atoms with E-state index in [4.69, 9.17) is 18.0 Å². The van der Waals surface area contributed by atoms with Gasteiger partial charge in [-0.1, -0.05) is 0 Å². The van der Waals surface area contributed by atoms with Gasteiger partial charge in [0.05, 0.1) is 0 Å². The number of rotatable bonds is 1. The van der Waals surface area contributed by atoms with Crippen LogP contribution in [-0.4, -0.2) is 35.2 Å². The summed E-state index contributed by atoms with van der Waals surface area (Å²) >= 11 is 4.85. The maximum Gasteiger partial charge on any atom is 0.163 e. The first-order valence-electron chi connectivity index (χ1n) is 5.06. The number of hydrogen-bond acceptors (Lipinski definition) is 2. The molecule has 74 valence electrons. The molecule has 0 aromatic heterocycles. The van der Waals surface area contributed by atoms with E-state index in [0.29, 0.717) is 11.2 Å². The lowest BCUT2D eigenvalue weighted by Crippen LogP contribution is -2.48. The molecule has 3 N–H and O–H groups in total. The van der Waals surface area contributed by atoms with Gasteiger partial charge in [-0.05, 0) is 44.4 Å². The number of fused-ring (bicyclic) bond motifs is 1. The molecule has 0 radical (unpaired) electrons. The van der Waals surface area contributed by atoms with Gasteiger partial charge in [0.1, 0.15) is 0 Å². The number of piperidine rings is 1. The van der Waals surface area contributed by atoms with Crippen LogP contribution in [0.3, 0.4) is 0 Å². The Labute approximate surface area is 84.7 Å². The zero-order valence-corrected chi connectivity index (χ0v) is 8.65. The Morgan fingerprint density at radius 3 is 3.00 bits per heavy atom. The Morgan fingerprint density at radius 2 is 2.23 bits per heavy atom. The van der Waals surface area contributed by atoms with Crippen LogP contribution in [0.2, 0.25) is 0 Å². The van der Waals surface area contributed by atoms with E-state index in [0.717, 1.165) is 6.04 Å². The van der Waals surface area contributed by atoms with E-state index in [9.17, 15) is 0 Å². The van der Waals surface area contributed by atoms with Crippen LogP contribution in [0.4, 0.5) is 0 Å². The van der Waals surface area contributed by atoms with E-state index in [1.165, 1.54) is 38.8 Å². The van der Waals surface area contributed by atoms with E-state index in [1.807, 2.05) is 0 Å². The van der Waals surface area contributed by atoms with Crippen molar-refractivity contribution in [2.75, 3.05) is 13.1 Å². The third kappa shape index (κ3) is 2.11. The summed E-state index contributed by atoms with van der Waals surface area (Å²) in [6.45, 7) is 2.51.